The lowest BCUT2D eigenvalue weighted by atomic mass is 10.1. The van der Waals surface area contributed by atoms with Crippen LogP contribution >= 0.6 is 0 Å². The lowest BCUT2D eigenvalue weighted by Crippen LogP contribution is -2.39. The van der Waals surface area contributed by atoms with Crippen molar-refractivity contribution >= 4 is 5.71 Å². The minimum atomic E-state index is -0.469. The van der Waals surface area contributed by atoms with Crippen LogP contribution in [0.15, 0.2) is 5.16 Å². The van der Waals surface area contributed by atoms with Crippen LogP contribution in [0.3, 0.4) is 0 Å². The Bertz CT molecular complexity index is 192. The van der Waals surface area contributed by atoms with Gasteiger partial charge in [0.15, 0.2) is 6.10 Å². The second kappa shape index (κ2) is 4.58. The molecule has 0 bridgehead atoms. The van der Waals surface area contributed by atoms with E-state index in [0.29, 0.717) is 12.6 Å². The first kappa shape index (κ1) is 10.5. The summed E-state index contributed by atoms with van der Waals surface area (Å²) in [6.07, 6.45) is 0.107. The molecular formula is C9H18N2O2. The van der Waals surface area contributed by atoms with Crippen LogP contribution in [0.25, 0.3) is 0 Å². The second-order valence-electron chi connectivity index (χ2n) is 3.80. The van der Waals surface area contributed by atoms with Gasteiger partial charge >= 0.3 is 0 Å². The molecular weight excluding hydrogens is 168 g/mol. The van der Waals surface area contributed by atoms with Crippen molar-refractivity contribution in [2.75, 3.05) is 6.54 Å². The van der Waals surface area contributed by atoms with Crippen molar-refractivity contribution in [1.29, 1.82) is 0 Å². The molecule has 0 radical (unpaired) electrons. The van der Waals surface area contributed by atoms with Crippen molar-refractivity contribution in [3.8, 4) is 0 Å². The Hall–Kier alpha value is -0.610. The van der Waals surface area contributed by atoms with E-state index in [1.165, 1.54) is 0 Å². The summed E-state index contributed by atoms with van der Waals surface area (Å²) in [7, 11) is 0. The fourth-order valence-corrected chi connectivity index (χ4v) is 1.22. The molecule has 4 nitrogen and oxygen atoms in total. The fourth-order valence-electron chi connectivity index (χ4n) is 1.22. The Morgan fingerprint density at radius 2 is 2.38 bits per heavy atom. The molecule has 0 spiro atoms. The van der Waals surface area contributed by atoms with E-state index in [0.717, 1.165) is 12.1 Å². The Balaban J connectivity index is 2.21. The van der Waals surface area contributed by atoms with Gasteiger partial charge < -0.3 is 15.3 Å². The van der Waals surface area contributed by atoms with Gasteiger partial charge in [-0.15, -0.1) is 0 Å². The maximum atomic E-state index is 9.65. The molecule has 0 saturated heterocycles. The predicted octanol–water partition coefficient (Wildman–Crippen LogP) is 0.510. The average molecular weight is 186 g/mol. The van der Waals surface area contributed by atoms with Crippen molar-refractivity contribution in [3.05, 3.63) is 0 Å². The van der Waals surface area contributed by atoms with Crippen molar-refractivity contribution in [1.82, 2.24) is 5.32 Å². The molecule has 76 valence electrons. The maximum Gasteiger partial charge on any atom is 0.159 e. The van der Waals surface area contributed by atoms with Gasteiger partial charge in [0.1, 0.15) is 6.10 Å². The van der Waals surface area contributed by atoms with Gasteiger partial charge in [-0.1, -0.05) is 19.0 Å². The summed E-state index contributed by atoms with van der Waals surface area (Å²) in [4.78, 5) is 5.06. The van der Waals surface area contributed by atoms with Gasteiger partial charge in [-0.05, 0) is 6.92 Å². The third-order valence-corrected chi connectivity index (χ3v) is 2.00. The monoisotopic (exact) mass is 186 g/mol. The number of nitrogens with zero attached hydrogens (tertiary/aromatic N) is 1. The topological polar surface area (TPSA) is 53.9 Å². The van der Waals surface area contributed by atoms with E-state index in [2.05, 4.69) is 10.5 Å². The molecule has 13 heavy (non-hydrogen) atoms. The largest absolute Gasteiger partial charge is 0.389 e. The van der Waals surface area contributed by atoms with Crippen LogP contribution in [0.4, 0.5) is 0 Å². The van der Waals surface area contributed by atoms with E-state index in [4.69, 9.17) is 4.84 Å². The molecule has 4 heteroatoms. The van der Waals surface area contributed by atoms with E-state index < -0.39 is 6.10 Å². The van der Waals surface area contributed by atoms with E-state index in [9.17, 15) is 5.11 Å². The molecule has 0 aromatic rings. The van der Waals surface area contributed by atoms with Gasteiger partial charge in [0.05, 0.1) is 5.71 Å². The zero-order valence-corrected chi connectivity index (χ0v) is 8.45. The average Bonchev–Trinajstić information content (AvgIpc) is 2.47. The summed E-state index contributed by atoms with van der Waals surface area (Å²) in [5.41, 5.74) is 0.952. The lowest BCUT2D eigenvalue weighted by molar-refractivity contribution is -0.0166. The number of oxime groups is 1. The van der Waals surface area contributed by atoms with E-state index in [1.54, 1.807) is 0 Å². The summed E-state index contributed by atoms with van der Waals surface area (Å²) < 4.78 is 0. The molecule has 0 amide bonds. The molecule has 1 heterocycles. The van der Waals surface area contributed by atoms with Gasteiger partial charge in [-0.3, -0.25) is 0 Å². The molecule has 0 saturated carbocycles. The first-order valence-corrected chi connectivity index (χ1v) is 4.70. The SMILES string of the molecule is CC1=NO[C@@H]([C@@H](O)CNC(C)C)C1. The highest BCUT2D eigenvalue weighted by atomic mass is 16.6. The summed E-state index contributed by atoms with van der Waals surface area (Å²) in [5, 5.41) is 16.6. The van der Waals surface area contributed by atoms with Gasteiger partial charge in [-0.25, -0.2) is 0 Å². The normalized spacial score (nSPS) is 24.4. The third kappa shape index (κ3) is 3.32. The van der Waals surface area contributed by atoms with E-state index >= 15 is 0 Å². The molecule has 1 rings (SSSR count). The molecule has 0 aromatic heterocycles. The highest BCUT2D eigenvalue weighted by Gasteiger charge is 2.26. The van der Waals surface area contributed by atoms with Gasteiger partial charge in [0.25, 0.3) is 0 Å². The number of aliphatic hydroxyl groups excluding tert-OH is 1. The minimum Gasteiger partial charge on any atom is -0.389 e. The van der Waals surface area contributed by atoms with Crippen LogP contribution in [0, 0.1) is 0 Å². The Morgan fingerprint density at radius 3 is 2.85 bits per heavy atom. The first-order chi connectivity index (χ1) is 6.09. The quantitative estimate of drug-likeness (QED) is 0.672. The Kier molecular flexibility index (Phi) is 3.69. The maximum absolute atomic E-state index is 9.65. The van der Waals surface area contributed by atoms with Gasteiger partial charge in [0.2, 0.25) is 0 Å². The molecule has 1 aliphatic heterocycles. The van der Waals surface area contributed by atoms with E-state index in [-0.39, 0.29) is 6.10 Å². The summed E-state index contributed by atoms with van der Waals surface area (Å²) in [6, 6.07) is 0.387. The predicted molar refractivity (Wildman–Crippen MR) is 51.7 cm³/mol. The highest BCUT2D eigenvalue weighted by Crippen LogP contribution is 2.13. The summed E-state index contributed by atoms with van der Waals surface area (Å²) >= 11 is 0. The second-order valence-corrected chi connectivity index (χ2v) is 3.80. The number of nitrogens with one attached hydrogen (secondary N) is 1. The van der Waals surface area contributed by atoms with Crippen LogP contribution < -0.4 is 5.32 Å². The number of rotatable bonds is 4. The van der Waals surface area contributed by atoms with Crippen molar-refractivity contribution in [3.63, 3.8) is 0 Å². The van der Waals surface area contributed by atoms with Gasteiger partial charge in [0, 0.05) is 19.0 Å². The summed E-state index contributed by atoms with van der Waals surface area (Å²) in [6.45, 7) is 6.56. The fraction of sp³-hybridized carbons (Fsp3) is 0.889. The molecule has 0 aliphatic carbocycles. The molecule has 0 aromatic carbocycles. The van der Waals surface area contributed by atoms with E-state index in [1.807, 2.05) is 20.8 Å². The zero-order valence-electron chi connectivity index (χ0n) is 8.45. The first-order valence-electron chi connectivity index (χ1n) is 4.70. The van der Waals surface area contributed by atoms with Crippen molar-refractivity contribution < 1.29 is 9.94 Å². The molecule has 0 fully saturated rings. The van der Waals surface area contributed by atoms with Gasteiger partial charge in [-0.2, -0.15) is 0 Å². The van der Waals surface area contributed by atoms with Crippen LogP contribution in [0.2, 0.25) is 0 Å². The third-order valence-electron chi connectivity index (χ3n) is 2.00. The Morgan fingerprint density at radius 1 is 1.69 bits per heavy atom. The van der Waals surface area contributed by atoms with Crippen molar-refractivity contribution in [2.24, 2.45) is 5.16 Å². The molecule has 2 N–H and O–H groups in total. The number of hydrogen-bond donors (Lipinski definition) is 2. The smallest absolute Gasteiger partial charge is 0.159 e. The zero-order chi connectivity index (χ0) is 9.84. The molecule has 1 aliphatic rings. The Labute approximate surface area is 79.0 Å². The van der Waals surface area contributed by atoms with Crippen molar-refractivity contribution in [2.45, 2.75) is 45.4 Å². The highest BCUT2D eigenvalue weighted by molar-refractivity contribution is 5.82. The van der Waals surface area contributed by atoms with Crippen LogP contribution in [0.5, 0.6) is 0 Å². The molecule has 2 atom stereocenters. The van der Waals surface area contributed by atoms with Crippen LogP contribution in [0.1, 0.15) is 27.2 Å². The van der Waals surface area contributed by atoms with Crippen LogP contribution in [-0.2, 0) is 4.84 Å². The molecule has 0 unspecified atom stereocenters. The van der Waals surface area contributed by atoms with Crippen LogP contribution in [-0.4, -0.2) is 35.6 Å². The minimum absolute atomic E-state index is 0.161. The number of hydrogen-bond acceptors (Lipinski definition) is 4. The standard InChI is InChI=1S/C9H18N2O2/c1-6(2)10-5-8(12)9-4-7(3)11-13-9/h6,8-10,12H,4-5H2,1-3H3/t8-,9+/m0/s1. The lowest BCUT2D eigenvalue weighted by Gasteiger charge is -2.18. The summed E-state index contributed by atoms with van der Waals surface area (Å²) in [5.74, 6) is 0. The number of aliphatic hydroxyl groups is 1.